The average Bonchev–Trinajstić information content (AvgIpc) is 3.59. The molecular formula is C37H47N7O5. The van der Waals surface area contributed by atoms with Gasteiger partial charge in [0.15, 0.2) is 0 Å². The summed E-state index contributed by atoms with van der Waals surface area (Å²) in [5, 5.41) is 11.1. The van der Waals surface area contributed by atoms with Crippen LogP contribution in [0.4, 0.5) is 10.5 Å². The molecule has 49 heavy (non-hydrogen) atoms. The number of aryl methyl sites for hydroxylation is 1. The molecule has 0 radical (unpaired) electrons. The highest BCUT2D eigenvalue weighted by molar-refractivity contribution is 6.00. The molecular weight excluding hydrogens is 622 g/mol. The summed E-state index contributed by atoms with van der Waals surface area (Å²) in [7, 11) is 1.79. The number of hydrogen-bond acceptors (Lipinski definition) is 7. The molecule has 4 heterocycles. The number of amides is 3. The number of likely N-dealkylation sites (tertiary alicyclic amines) is 1. The average molecular weight is 670 g/mol. The summed E-state index contributed by atoms with van der Waals surface area (Å²) in [4.78, 5) is 52.6. The van der Waals surface area contributed by atoms with Crippen molar-refractivity contribution in [2.24, 2.45) is 13.0 Å². The molecule has 12 nitrogen and oxygen atoms in total. The van der Waals surface area contributed by atoms with Crippen molar-refractivity contribution in [2.45, 2.75) is 95.7 Å². The minimum atomic E-state index is -0.672. The highest BCUT2D eigenvalue weighted by Crippen LogP contribution is 2.37. The summed E-state index contributed by atoms with van der Waals surface area (Å²) in [6, 6.07) is 11.5. The fourth-order valence-corrected chi connectivity index (χ4v) is 8.14. The largest absolute Gasteiger partial charge is 0.444 e. The maximum Gasteiger partial charge on any atom is 0.412 e. The lowest BCUT2D eigenvalue weighted by molar-refractivity contribution is -0.135. The SMILES string of the molecule is Cn1c(=O)n(C2CCC(=O)NC2=O)c2cccc(C3CCN(C[C@H]4CC[C@H](n5cc6cc(NC(=O)OC(C)(C)C)ccc6n5)CC4)CC3)c21. The molecule has 2 saturated heterocycles. The molecule has 4 aromatic rings. The Morgan fingerprint density at radius 2 is 1.76 bits per heavy atom. The summed E-state index contributed by atoms with van der Waals surface area (Å²) in [6.45, 7) is 8.69. The highest BCUT2D eigenvalue weighted by Gasteiger charge is 2.33. The number of ether oxygens (including phenoxy) is 1. The van der Waals surface area contributed by atoms with Gasteiger partial charge in [-0.3, -0.25) is 34.0 Å². The molecule has 0 spiro atoms. The van der Waals surface area contributed by atoms with E-state index in [1.807, 2.05) is 51.1 Å². The summed E-state index contributed by atoms with van der Waals surface area (Å²) >= 11 is 0. The zero-order chi connectivity index (χ0) is 34.4. The first-order valence-electron chi connectivity index (χ1n) is 17.7. The Hall–Kier alpha value is -4.45. The van der Waals surface area contributed by atoms with Gasteiger partial charge in [-0.25, -0.2) is 9.59 Å². The summed E-state index contributed by atoms with van der Waals surface area (Å²) < 4.78 is 10.8. The van der Waals surface area contributed by atoms with Crippen LogP contribution in [-0.2, 0) is 21.4 Å². The Bertz CT molecular complexity index is 1950. The van der Waals surface area contributed by atoms with Gasteiger partial charge in [-0.15, -0.1) is 0 Å². The number of anilines is 1. The van der Waals surface area contributed by atoms with E-state index >= 15 is 0 Å². The number of hydrogen-bond donors (Lipinski definition) is 2. The normalized spacial score (nSPS) is 22.8. The van der Waals surface area contributed by atoms with Gasteiger partial charge in [0.25, 0.3) is 0 Å². The van der Waals surface area contributed by atoms with E-state index < -0.39 is 23.6 Å². The first-order chi connectivity index (χ1) is 23.4. The van der Waals surface area contributed by atoms with Gasteiger partial charge in [-0.05, 0) is 120 Å². The molecule has 0 bridgehead atoms. The molecule has 3 fully saturated rings. The van der Waals surface area contributed by atoms with E-state index in [0.717, 1.165) is 67.3 Å². The van der Waals surface area contributed by atoms with Crippen LogP contribution in [0.5, 0.6) is 0 Å². The zero-order valence-electron chi connectivity index (χ0n) is 28.9. The van der Waals surface area contributed by atoms with Gasteiger partial charge in [-0.1, -0.05) is 12.1 Å². The summed E-state index contributed by atoms with van der Waals surface area (Å²) in [5.74, 6) is 0.314. The Morgan fingerprint density at radius 3 is 2.47 bits per heavy atom. The predicted octanol–water partition coefficient (Wildman–Crippen LogP) is 5.63. The van der Waals surface area contributed by atoms with Crippen molar-refractivity contribution in [1.29, 1.82) is 0 Å². The number of nitrogens with one attached hydrogen (secondary N) is 2. The van der Waals surface area contributed by atoms with Crippen molar-refractivity contribution in [1.82, 2.24) is 29.1 Å². The highest BCUT2D eigenvalue weighted by atomic mass is 16.6. The smallest absolute Gasteiger partial charge is 0.412 e. The number of imidazole rings is 1. The topological polar surface area (TPSA) is 132 Å². The zero-order valence-corrected chi connectivity index (χ0v) is 28.9. The number of para-hydroxylation sites is 1. The van der Waals surface area contributed by atoms with Crippen LogP contribution in [0, 0.1) is 5.92 Å². The monoisotopic (exact) mass is 669 g/mol. The van der Waals surface area contributed by atoms with Crippen molar-refractivity contribution >= 4 is 45.5 Å². The minimum Gasteiger partial charge on any atom is -0.444 e. The minimum absolute atomic E-state index is 0.215. The standard InChI is InChI=1S/C37H47N7O5/c1-37(2,3)49-35(47)38-26-10-13-29-25(20-26)22-43(40-29)27-11-8-23(9-12-27)21-42-18-16-24(17-19-42)28-6-5-7-30-33(28)41(4)36(48)44(30)31-14-15-32(45)39-34(31)46/h5-7,10,13,20,22-24,27,31H,8-9,11-12,14-19,21H2,1-4H3,(H,38,47)(H,39,45,46)/t23-,27-,31?. The van der Waals surface area contributed by atoms with E-state index in [1.165, 1.54) is 18.4 Å². The van der Waals surface area contributed by atoms with Gasteiger partial charge < -0.3 is 9.64 Å². The van der Waals surface area contributed by atoms with Crippen molar-refractivity contribution in [3.05, 3.63) is 58.6 Å². The van der Waals surface area contributed by atoms with E-state index in [4.69, 9.17) is 9.84 Å². The molecule has 2 N–H and O–H groups in total. The molecule has 2 aliphatic heterocycles. The molecule has 7 rings (SSSR count). The number of carbonyl (C=O) groups is 3. The fraction of sp³-hybridized carbons (Fsp3) is 0.541. The molecule has 2 aromatic heterocycles. The summed E-state index contributed by atoms with van der Waals surface area (Å²) in [6.07, 6.45) is 8.78. The molecule has 3 aliphatic rings. The fourth-order valence-electron chi connectivity index (χ4n) is 8.14. The Kier molecular flexibility index (Phi) is 8.85. The van der Waals surface area contributed by atoms with Gasteiger partial charge in [0.2, 0.25) is 11.8 Å². The molecule has 1 aliphatic carbocycles. The number of benzene rings is 2. The first-order valence-corrected chi connectivity index (χ1v) is 17.7. The van der Waals surface area contributed by atoms with Crippen LogP contribution in [0.15, 0.2) is 47.4 Å². The van der Waals surface area contributed by atoms with E-state index in [2.05, 4.69) is 32.5 Å². The van der Waals surface area contributed by atoms with Crippen LogP contribution in [0.2, 0.25) is 0 Å². The third kappa shape index (κ3) is 6.88. The van der Waals surface area contributed by atoms with Gasteiger partial charge in [-0.2, -0.15) is 5.10 Å². The van der Waals surface area contributed by atoms with Crippen LogP contribution < -0.4 is 16.3 Å². The van der Waals surface area contributed by atoms with Crippen LogP contribution in [-0.4, -0.2) is 67.0 Å². The second-order valence-electron chi connectivity index (χ2n) is 15.2. The van der Waals surface area contributed by atoms with Crippen LogP contribution in [0.3, 0.4) is 0 Å². The molecule has 1 unspecified atom stereocenters. The van der Waals surface area contributed by atoms with E-state index in [-0.39, 0.29) is 18.0 Å². The predicted molar refractivity (Wildman–Crippen MR) is 188 cm³/mol. The lowest BCUT2D eigenvalue weighted by Crippen LogP contribution is -2.44. The van der Waals surface area contributed by atoms with Crippen molar-refractivity contribution in [3.8, 4) is 0 Å². The Labute approximate surface area is 285 Å². The molecule has 1 saturated carbocycles. The molecule has 1 atom stereocenters. The van der Waals surface area contributed by atoms with Crippen molar-refractivity contribution < 1.29 is 19.1 Å². The molecule has 3 amide bonds. The van der Waals surface area contributed by atoms with Crippen molar-refractivity contribution in [2.75, 3.05) is 25.0 Å². The van der Waals surface area contributed by atoms with Crippen LogP contribution >= 0.6 is 0 Å². The van der Waals surface area contributed by atoms with Crippen molar-refractivity contribution in [3.63, 3.8) is 0 Å². The number of fused-ring (bicyclic) bond motifs is 2. The number of imide groups is 1. The third-order valence-electron chi connectivity index (χ3n) is 10.6. The van der Waals surface area contributed by atoms with Crippen LogP contribution in [0.25, 0.3) is 21.9 Å². The lowest BCUT2D eigenvalue weighted by Gasteiger charge is -2.37. The number of carbonyl (C=O) groups excluding carboxylic acids is 3. The van der Waals surface area contributed by atoms with Gasteiger partial charge in [0.1, 0.15) is 11.6 Å². The van der Waals surface area contributed by atoms with E-state index in [0.29, 0.717) is 30.0 Å². The molecule has 260 valence electrons. The van der Waals surface area contributed by atoms with E-state index in [1.54, 1.807) is 16.2 Å². The molecule has 12 heteroatoms. The number of piperidine rings is 2. The quantitative estimate of drug-likeness (QED) is 0.255. The second-order valence-corrected chi connectivity index (χ2v) is 15.2. The third-order valence-corrected chi connectivity index (χ3v) is 10.6. The maximum absolute atomic E-state index is 13.4. The van der Waals surface area contributed by atoms with Crippen LogP contribution in [0.1, 0.15) is 95.7 Å². The number of nitrogens with zero attached hydrogens (tertiary/aromatic N) is 5. The van der Waals surface area contributed by atoms with Gasteiger partial charge in [0, 0.05) is 37.3 Å². The Morgan fingerprint density at radius 1 is 1.00 bits per heavy atom. The number of aromatic nitrogens is 4. The lowest BCUT2D eigenvalue weighted by atomic mass is 9.84. The summed E-state index contributed by atoms with van der Waals surface area (Å²) in [5.41, 5.74) is 3.68. The first kappa shape index (κ1) is 33.1. The number of rotatable bonds is 6. The van der Waals surface area contributed by atoms with Gasteiger partial charge in [0.05, 0.1) is 22.6 Å². The molecule has 2 aromatic carbocycles. The second kappa shape index (κ2) is 13.1. The Balaban J connectivity index is 0.939. The van der Waals surface area contributed by atoms with E-state index in [9.17, 15) is 19.2 Å². The van der Waals surface area contributed by atoms with Gasteiger partial charge >= 0.3 is 11.8 Å². The maximum atomic E-state index is 13.4.